The number of benzene rings is 2. The lowest BCUT2D eigenvalue weighted by atomic mass is 10.1. The van der Waals surface area contributed by atoms with Crippen LogP contribution < -0.4 is 10.1 Å². The van der Waals surface area contributed by atoms with Crippen molar-refractivity contribution in [3.8, 4) is 5.75 Å². The van der Waals surface area contributed by atoms with Gasteiger partial charge in [0.15, 0.2) is 0 Å². The number of sulfonamides is 1. The Morgan fingerprint density at radius 2 is 1.68 bits per heavy atom. The zero-order chi connectivity index (χ0) is 20.7. The predicted octanol–water partition coefficient (Wildman–Crippen LogP) is 3.29. The highest BCUT2D eigenvalue weighted by Crippen LogP contribution is 2.20. The van der Waals surface area contributed by atoms with E-state index < -0.39 is 10.0 Å². The lowest BCUT2D eigenvalue weighted by Crippen LogP contribution is -2.27. The van der Waals surface area contributed by atoms with Gasteiger partial charge in [-0.1, -0.05) is 26.0 Å². The van der Waals surface area contributed by atoms with E-state index in [1.54, 1.807) is 36.4 Å². The molecule has 1 amide bonds. The first-order valence-corrected chi connectivity index (χ1v) is 10.7. The van der Waals surface area contributed by atoms with Crippen LogP contribution in [-0.2, 0) is 16.6 Å². The Hall–Kier alpha value is -2.38. The van der Waals surface area contributed by atoms with Crippen LogP contribution in [-0.4, -0.2) is 39.3 Å². The first kappa shape index (κ1) is 21.9. The number of rotatable bonds is 9. The first-order chi connectivity index (χ1) is 13.2. The minimum absolute atomic E-state index is 0.119. The van der Waals surface area contributed by atoms with Crippen LogP contribution in [0.5, 0.6) is 5.75 Å². The fourth-order valence-electron chi connectivity index (χ4n) is 2.61. The van der Waals surface area contributed by atoms with Crippen LogP contribution in [0.3, 0.4) is 0 Å². The molecular formula is C21H28N2O4S. The molecule has 0 saturated heterocycles. The van der Waals surface area contributed by atoms with E-state index in [-0.39, 0.29) is 17.3 Å². The van der Waals surface area contributed by atoms with Gasteiger partial charge in [-0.05, 0) is 54.3 Å². The molecule has 2 rings (SSSR count). The third kappa shape index (κ3) is 5.81. The average Bonchev–Trinajstić information content (AvgIpc) is 2.68. The van der Waals surface area contributed by atoms with Gasteiger partial charge in [0.05, 0.1) is 12.0 Å². The Morgan fingerprint density at radius 1 is 1.07 bits per heavy atom. The molecule has 0 bridgehead atoms. The van der Waals surface area contributed by atoms with Gasteiger partial charge in [0.25, 0.3) is 5.91 Å². The highest BCUT2D eigenvalue weighted by molar-refractivity contribution is 7.89. The third-order valence-corrected chi connectivity index (χ3v) is 6.21. The fourth-order valence-corrected chi connectivity index (χ4v) is 3.77. The maximum absolute atomic E-state index is 12.7. The topological polar surface area (TPSA) is 75.7 Å². The molecule has 0 aromatic heterocycles. The second kappa shape index (κ2) is 9.71. The summed E-state index contributed by atoms with van der Waals surface area (Å²) in [6, 6.07) is 13.3. The number of carbonyl (C=O) groups excluding carboxylic acids is 1. The van der Waals surface area contributed by atoms with Gasteiger partial charge in [0.1, 0.15) is 5.75 Å². The third-order valence-electron chi connectivity index (χ3n) is 4.40. The number of hydrogen-bond donors (Lipinski definition) is 1. The molecule has 0 heterocycles. The van der Waals surface area contributed by atoms with Gasteiger partial charge in [-0.3, -0.25) is 4.79 Å². The molecule has 28 heavy (non-hydrogen) atoms. The van der Waals surface area contributed by atoms with Crippen LogP contribution >= 0.6 is 0 Å². The molecule has 0 atom stereocenters. The van der Waals surface area contributed by atoms with Crippen molar-refractivity contribution in [1.29, 1.82) is 0 Å². The molecule has 2 aromatic rings. The maximum atomic E-state index is 12.7. The molecular weight excluding hydrogens is 376 g/mol. The molecule has 152 valence electrons. The summed E-state index contributed by atoms with van der Waals surface area (Å²) in [4.78, 5) is 12.3. The lowest BCUT2D eigenvalue weighted by Gasteiger charge is -2.17. The number of methoxy groups -OCH3 is 1. The summed E-state index contributed by atoms with van der Waals surface area (Å²) >= 11 is 0. The second-order valence-corrected chi connectivity index (χ2v) is 9.12. The molecule has 0 spiro atoms. The van der Waals surface area contributed by atoms with Crippen LogP contribution in [0.4, 0.5) is 0 Å². The molecule has 0 aliphatic rings. The molecule has 1 N–H and O–H groups in total. The lowest BCUT2D eigenvalue weighted by molar-refractivity contribution is 0.0952. The molecule has 0 aliphatic carbocycles. The fraction of sp³-hybridized carbons (Fsp3) is 0.381. The standard InChI is InChI=1S/C21H28N2O4S/c1-16(2)13-14-22-21(24)18-7-5-17(6-8-18)15-23(3)28(25,26)20-11-9-19(27-4)10-12-20/h5-12,16H,13-15H2,1-4H3,(H,22,24). The number of amides is 1. The highest BCUT2D eigenvalue weighted by Gasteiger charge is 2.21. The average molecular weight is 405 g/mol. The zero-order valence-electron chi connectivity index (χ0n) is 16.8. The number of hydrogen-bond acceptors (Lipinski definition) is 4. The van der Waals surface area contributed by atoms with Gasteiger partial charge >= 0.3 is 0 Å². The van der Waals surface area contributed by atoms with Crippen LogP contribution in [0.25, 0.3) is 0 Å². The SMILES string of the molecule is COc1ccc(S(=O)(=O)N(C)Cc2ccc(C(=O)NCCC(C)C)cc2)cc1. The van der Waals surface area contributed by atoms with E-state index in [0.717, 1.165) is 12.0 Å². The Balaban J connectivity index is 2.01. The molecule has 0 unspecified atom stereocenters. The van der Waals surface area contributed by atoms with E-state index in [1.807, 2.05) is 0 Å². The quantitative estimate of drug-likeness (QED) is 0.696. The van der Waals surface area contributed by atoms with Crippen molar-refractivity contribution < 1.29 is 17.9 Å². The number of carbonyl (C=O) groups is 1. The minimum Gasteiger partial charge on any atom is -0.497 e. The smallest absolute Gasteiger partial charge is 0.251 e. The van der Waals surface area contributed by atoms with Crippen molar-refractivity contribution >= 4 is 15.9 Å². The summed E-state index contributed by atoms with van der Waals surface area (Å²) in [6.45, 7) is 5.07. The van der Waals surface area contributed by atoms with E-state index in [9.17, 15) is 13.2 Å². The number of ether oxygens (including phenoxy) is 1. The molecule has 0 saturated carbocycles. The van der Waals surface area contributed by atoms with Crippen LogP contribution in [0.15, 0.2) is 53.4 Å². The van der Waals surface area contributed by atoms with Gasteiger partial charge in [-0.25, -0.2) is 8.42 Å². The van der Waals surface area contributed by atoms with Crippen molar-refractivity contribution in [3.05, 3.63) is 59.7 Å². The molecule has 6 nitrogen and oxygen atoms in total. The van der Waals surface area contributed by atoms with Gasteiger partial charge in [0, 0.05) is 25.7 Å². The molecule has 2 aromatic carbocycles. The van der Waals surface area contributed by atoms with Crippen LogP contribution in [0.1, 0.15) is 36.2 Å². The van der Waals surface area contributed by atoms with Crippen molar-refractivity contribution in [2.45, 2.75) is 31.7 Å². The first-order valence-electron chi connectivity index (χ1n) is 9.21. The summed E-state index contributed by atoms with van der Waals surface area (Å²) in [5.41, 5.74) is 1.37. The van der Waals surface area contributed by atoms with Crippen molar-refractivity contribution in [3.63, 3.8) is 0 Å². The monoisotopic (exact) mass is 404 g/mol. The molecule has 0 fully saturated rings. The van der Waals surface area contributed by atoms with Gasteiger partial charge < -0.3 is 10.1 Å². The maximum Gasteiger partial charge on any atom is 0.251 e. The summed E-state index contributed by atoms with van der Waals surface area (Å²) < 4.78 is 31.8. The summed E-state index contributed by atoms with van der Waals surface area (Å²) in [5, 5.41) is 2.89. The van der Waals surface area contributed by atoms with Gasteiger partial charge in [-0.15, -0.1) is 0 Å². The van der Waals surface area contributed by atoms with E-state index >= 15 is 0 Å². The van der Waals surface area contributed by atoms with E-state index in [0.29, 0.717) is 23.8 Å². The molecule has 0 aliphatic heterocycles. The molecule has 7 heteroatoms. The van der Waals surface area contributed by atoms with Crippen molar-refractivity contribution in [2.75, 3.05) is 20.7 Å². The summed E-state index contributed by atoms with van der Waals surface area (Å²) in [7, 11) is -0.545. The van der Waals surface area contributed by atoms with Crippen LogP contribution in [0, 0.1) is 5.92 Å². The Labute approximate surface area is 167 Å². The van der Waals surface area contributed by atoms with Gasteiger partial charge in [-0.2, -0.15) is 4.31 Å². The predicted molar refractivity (Wildman–Crippen MR) is 110 cm³/mol. The van der Waals surface area contributed by atoms with E-state index in [2.05, 4.69) is 19.2 Å². The largest absolute Gasteiger partial charge is 0.497 e. The Morgan fingerprint density at radius 3 is 2.21 bits per heavy atom. The zero-order valence-corrected chi connectivity index (χ0v) is 17.6. The van der Waals surface area contributed by atoms with Crippen molar-refractivity contribution in [2.24, 2.45) is 5.92 Å². The van der Waals surface area contributed by atoms with Gasteiger partial charge in [0.2, 0.25) is 10.0 Å². The molecule has 0 radical (unpaired) electrons. The minimum atomic E-state index is -3.61. The highest BCUT2D eigenvalue weighted by atomic mass is 32.2. The Kier molecular flexibility index (Phi) is 7.60. The van der Waals surface area contributed by atoms with E-state index in [1.165, 1.54) is 30.6 Å². The number of nitrogens with one attached hydrogen (secondary N) is 1. The summed E-state index contributed by atoms with van der Waals surface area (Å²) in [5.74, 6) is 1.01. The van der Waals surface area contributed by atoms with Crippen molar-refractivity contribution in [1.82, 2.24) is 9.62 Å². The second-order valence-electron chi connectivity index (χ2n) is 7.07. The summed E-state index contributed by atoms with van der Waals surface area (Å²) in [6.07, 6.45) is 0.928. The normalized spacial score (nSPS) is 11.6. The van der Waals surface area contributed by atoms with E-state index in [4.69, 9.17) is 4.74 Å². The number of nitrogens with zero attached hydrogens (tertiary/aromatic N) is 1. The van der Waals surface area contributed by atoms with Crippen LogP contribution in [0.2, 0.25) is 0 Å². The Bertz CT molecular complexity index is 876.